The van der Waals surface area contributed by atoms with Gasteiger partial charge in [-0.3, -0.25) is 4.98 Å². The van der Waals surface area contributed by atoms with Gasteiger partial charge in [-0.05, 0) is 18.1 Å². The van der Waals surface area contributed by atoms with Crippen molar-refractivity contribution in [2.75, 3.05) is 0 Å². The summed E-state index contributed by atoms with van der Waals surface area (Å²) in [4.78, 5) is 13.0. The quantitative estimate of drug-likeness (QED) is 0.791. The van der Waals surface area contributed by atoms with Crippen LogP contribution >= 0.6 is 11.3 Å². The zero-order chi connectivity index (χ0) is 13.9. The molecular formula is C13H13N5OS. The molecule has 2 N–H and O–H groups in total. The molecule has 102 valence electrons. The van der Waals surface area contributed by atoms with Gasteiger partial charge in [0.05, 0.1) is 0 Å². The van der Waals surface area contributed by atoms with Crippen LogP contribution < -0.4 is 5.73 Å². The Morgan fingerprint density at radius 3 is 3.00 bits per heavy atom. The molecule has 0 bridgehead atoms. The molecule has 0 spiro atoms. The van der Waals surface area contributed by atoms with Crippen LogP contribution in [0.4, 0.5) is 0 Å². The first-order chi connectivity index (χ1) is 9.81. The average Bonchev–Trinajstić information content (AvgIpc) is 3.15. The summed E-state index contributed by atoms with van der Waals surface area (Å²) in [5.41, 5.74) is 8.04. The van der Waals surface area contributed by atoms with Crippen molar-refractivity contribution in [2.45, 2.75) is 19.9 Å². The fourth-order valence-corrected chi connectivity index (χ4v) is 2.50. The van der Waals surface area contributed by atoms with Crippen molar-refractivity contribution in [1.29, 1.82) is 0 Å². The van der Waals surface area contributed by atoms with E-state index in [-0.39, 0.29) is 0 Å². The maximum atomic E-state index is 5.55. The molecular weight excluding hydrogens is 274 g/mol. The highest BCUT2D eigenvalue weighted by molar-refractivity contribution is 7.09. The lowest BCUT2D eigenvalue weighted by Gasteiger charge is -2.00. The molecule has 7 heteroatoms. The third-order valence-corrected chi connectivity index (χ3v) is 3.73. The van der Waals surface area contributed by atoms with Gasteiger partial charge in [0.15, 0.2) is 0 Å². The highest BCUT2D eigenvalue weighted by Crippen LogP contribution is 2.24. The highest BCUT2D eigenvalue weighted by atomic mass is 32.1. The van der Waals surface area contributed by atoms with E-state index in [1.54, 1.807) is 6.20 Å². The van der Waals surface area contributed by atoms with Crippen molar-refractivity contribution in [3.63, 3.8) is 0 Å². The molecule has 20 heavy (non-hydrogen) atoms. The summed E-state index contributed by atoms with van der Waals surface area (Å²) in [7, 11) is 0. The predicted octanol–water partition coefficient (Wildman–Crippen LogP) is 2.28. The molecule has 0 aliphatic heterocycles. The van der Waals surface area contributed by atoms with Crippen molar-refractivity contribution in [1.82, 2.24) is 20.1 Å². The molecule has 6 nitrogen and oxygen atoms in total. The van der Waals surface area contributed by atoms with E-state index < -0.39 is 0 Å². The molecule has 3 aromatic heterocycles. The summed E-state index contributed by atoms with van der Waals surface area (Å²) in [5, 5.41) is 6.69. The Morgan fingerprint density at radius 1 is 1.35 bits per heavy atom. The molecule has 3 rings (SSSR count). The Balaban J connectivity index is 1.97. The lowest BCUT2D eigenvalue weighted by Crippen LogP contribution is -1.94. The molecule has 0 atom stereocenters. The topological polar surface area (TPSA) is 90.7 Å². The maximum absolute atomic E-state index is 5.55. The summed E-state index contributed by atoms with van der Waals surface area (Å²) < 4.78 is 5.26. The van der Waals surface area contributed by atoms with Gasteiger partial charge in [-0.25, -0.2) is 4.98 Å². The number of hydrogen-bond acceptors (Lipinski definition) is 7. The summed E-state index contributed by atoms with van der Waals surface area (Å²) in [5.74, 6) is 0.878. The van der Waals surface area contributed by atoms with E-state index in [0.717, 1.165) is 22.7 Å². The normalized spacial score (nSPS) is 10.9. The molecule has 3 heterocycles. The van der Waals surface area contributed by atoms with E-state index in [4.69, 9.17) is 10.3 Å². The molecule has 0 aromatic carbocycles. The van der Waals surface area contributed by atoms with Crippen molar-refractivity contribution in [2.24, 2.45) is 5.73 Å². The van der Waals surface area contributed by atoms with Crippen LogP contribution in [0.25, 0.3) is 23.1 Å². The summed E-state index contributed by atoms with van der Waals surface area (Å²) in [6.45, 7) is 2.47. The lowest BCUT2D eigenvalue weighted by molar-refractivity contribution is 0.431. The molecule has 0 amide bonds. The Kier molecular flexibility index (Phi) is 3.53. The van der Waals surface area contributed by atoms with E-state index >= 15 is 0 Å². The number of aryl methyl sites for hydroxylation is 1. The van der Waals surface area contributed by atoms with Gasteiger partial charge in [-0.15, -0.1) is 11.3 Å². The van der Waals surface area contributed by atoms with Crippen molar-refractivity contribution in [3.05, 3.63) is 34.3 Å². The van der Waals surface area contributed by atoms with E-state index in [1.807, 2.05) is 17.5 Å². The Hall–Kier alpha value is -2.12. The fraction of sp³-hybridized carbons (Fsp3) is 0.231. The summed E-state index contributed by atoms with van der Waals surface area (Å²) in [6.07, 6.45) is 2.58. The van der Waals surface area contributed by atoms with E-state index in [9.17, 15) is 0 Å². The average molecular weight is 287 g/mol. The third-order valence-electron chi connectivity index (χ3n) is 2.86. The smallest absolute Gasteiger partial charge is 0.277 e. The maximum Gasteiger partial charge on any atom is 0.277 e. The number of pyridine rings is 1. The number of aromatic nitrogens is 4. The minimum atomic E-state index is 0.392. The summed E-state index contributed by atoms with van der Waals surface area (Å²) >= 11 is 1.48. The molecule has 0 radical (unpaired) electrons. The third kappa shape index (κ3) is 2.33. The van der Waals surface area contributed by atoms with Gasteiger partial charge >= 0.3 is 0 Å². The van der Waals surface area contributed by atoms with Gasteiger partial charge in [-0.2, -0.15) is 4.98 Å². The molecule has 3 aromatic rings. The first kappa shape index (κ1) is 12.9. The molecule has 0 saturated carbocycles. The van der Waals surface area contributed by atoms with E-state index in [1.165, 1.54) is 11.3 Å². The zero-order valence-corrected chi connectivity index (χ0v) is 11.7. The lowest BCUT2D eigenvalue weighted by atomic mass is 10.1. The molecule has 0 saturated heterocycles. The second-order valence-corrected chi connectivity index (χ2v) is 5.06. The molecule has 0 fully saturated rings. The molecule has 0 aliphatic carbocycles. The largest absolute Gasteiger partial charge is 0.332 e. The standard InChI is InChI=1S/C13H13N5OS/c1-2-8-4-3-5-15-11(8)12-17-13(19-18-12)9-7-20-10(6-14)16-9/h3-5,7H,2,6,14H2,1H3. The van der Waals surface area contributed by atoms with Crippen LogP contribution in [0.5, 0.6) is 0 Å². The van der Waals surface area contributed by atoms with Crippen LogP contribution in [0.2, 0.25) is 0 Å². The Labute approximate surface area is 119 Å². The second kappa shape index (κ2) is 5.48. The first-order valence-corrected chi connectivity index (χ1v) is 7.12. The number of hydrogen-bond donors (Lipinski definition) is 1. The minimum absolute atomic E-state index is 0.392. The second-order valence-electron chi connectivity index (χ2n) is 4.12. The van der Waals surface area contributed by atoms with Crippen molar-refractivity contribution in [3.8, 4) is 23.1 Å². The van der Waals surface area contributed by atoms with Crippen molar-refractivity contribution < 1.29 is 4.52 Å². The van der Waals surface area contributed by atoms with Crippen molar-refractivity contribution >= 4 is 11.3 Å². The highest BCUT2D eigenvalue weighted by Gasteiger charge is 2.16. The van der Waals surface area contributed by atoms with Gasteiger partial charge in [0.1, 0.15) is 16.4 Å². The van der Waals surface area contributed by atoms with Gasteiger partial charge in [-0.1, -0.05) is 18.1 Å². The predicted molar refractivity (Wildman–Crippen MR) is 75.9 cm³/mol. The van der Waals surface area contributed by atoms with E-state index in [2.05, 4.69) is 27.0 Å². The Morgan fingerprint density at radius 2 is 2.25 bits per heavy atom. The fourth-order valence-electron chi connectivity index (χ4n) is 1.85. The van der Waals surface area contributed by atoms with Gasteiger partial charge < -0.3 is 10.3 Å². The van der Waals surface area contributed by atoms with Crippen LogP contribution in [0.1, 0.15) is 17.5 Å². The van der Waals surface area contributed by atoms with Gasteiger partial charge in [0.25, 0.3) is 5.89 Å². The first-order valence-electron chi connectivity index (χ1n) is 6.24. The number of thiazole rings is 1. The van der Waals surface area contributed by atoms with Gasteiger partial charge in [0, 0.05) is 18.1 Å². The number of nitrogens with zero attached hydrogens (tertiary/aromatic N) is 4. The summed E-state index contributed by atoms with van der Waals surface area (Å²) in [6, 6.07) is 3.91. The van der Waals surface area contributed by atoms with Crippen LogP contribution in [-0.4, -0.2) is 20.1 Å². The molecule has 0 unspecified atom stereocenters. The molecule has 0 aliphatic rings. The zero-order valence-electron chi connectivity index (χ0n) is 10.9. The number of nitrogens with two attached hydrogens (primary N) is 1. The van der Waals surface area contributed by atoms with Gasteiger partial charge in [0.2, 0.25) is 5.82 Å². The Bertz CT molecular complexity index is 721. The van der Waals surface area contributed by atoms with Crippen LogP contribution in [-0.2, 0) is 13.0 Å². The minimum Gasteiger partial charge on any atom is -0.332 e. The SMILES string of the molecule is CCc1cccnc1-c1noc(-c2csc(CN)n2)n1. The van der Waals surface area contributed by atoms with Crippen LogP contribution in [0.3, 0.4) is 0 Å². The number of rotatable bonds is 4. The monoisotopic (exact) mass is 287 g/mol. The van der Waals surface area contributed by atoms with E-state index in [0.29, 0.717) is 24.0 Å². The van der Waals surface area contributed by atoms with Crippen LogP contribution in [0, 0.1) is 0 Å². The van der Waals surface area contributed by atoms with Crippen LogP contribution in [0.15, 0.2) is 28.2 Å².